The molecule has 1 unspecified atom stereocenters. The molecule has 4 rings (SSSR count). The number of ether oxygens (including phenoxy) is 2. The van der Waals surface area contributed by atoms with Gasteiger partial charge < -0.3 is 14.8 Å². The number of halogens is 1. The second kappa shape index (κ2) is 8.31. The molecule has 1 atom stereocenters. The molecule has 1 amide bonds. The van der Waals surface area contributed by atoms with Crippen molar-refractivity contribution >= 4 is 65.6 Å². The summed E-state index contributed by atoms with van der Waals surface area (Å²) < 4.78 is 39.1. The number of aromatic nitrogens is 1. The molecule has 30 heavy (non-hydrogen) atoms. The van der Waals surface area contributed by atoms with Crippen molar-refractivity contribution in [2.24, 2.45) is 0 Å². The number of thiophene rings is 1. The van der Waals surface area contributed by atoms with Crippen LogP contribution in [-0.4, -0.2) is 50.4 Å². The number of fused-ring (bicyclic) bond motifs is 1. The van der Waals surface area contributed by atoms with Gasteiger partial charge in [0, 0.05) is 18.7 Å². The number of rotatable bonds is 6. The van der Waals surface area contributed by atoms with Crippen molar-refractivity contribution in [1.29, 1.82) is 0 Å². The fourth-order valence-corrected chi connectivity index (χ4v) is 7.49. The Morgan fingerprint density at radius 1 is 1.23 bits per heavy atom. The molecule has 0 bridgehead atoms. The number of carbonyl (C=O) groups is 1. The highest BCUT2D eigenvalue weighted by Crippen LogP contribution is 2.37. The van der Waals surface area contributed by atoms with Crippen LogP contribution in [0.15, 0.2) is 28.5 Å². The summed E-state index contributed by atoms with van der Waals surface area (Å²) in [5, 5.41) is 3.15. The monoisotopic (exact) mass is 487 g/mol. The Morgan fingerprint density at radius 2 is 1.97 bits per heavy atom. The first-order chi connectivity index (χ1) is 14.3. The molecule has 12 heteroatoms. The van der Waals surface area contributed by atoms with E-state index in [1.165, 1.54) is 34.9 Å². The number of carbonyl (C=O) groups excluding carboxylic acids is 1. The molecular weight excluding hydrogens is 470 g/mol. The quantitative estimate of drug-likeness (QED) is 0.567. The molecule has 160 valence electrons. The van der Waals surface area contributed by atoms with Gasteiger partial charge in [0.15, 0.2) is 16.6 Å². The zero-order chi connectivity index (χ0) is 21.5. The van der Waals surface area contributed by atoms with Gasteiger partial charge in [-0.1, -0.05) is 22.9 Å². The van der Waals surface area contributed by atoms with Gasteiger partial charge in [0.1, 0.15) is 10.3 Å². The van der Waals surface area contributed by atoms with Crippen molar-refractivity contribution in [3.05, 3.63) is 28.6 Å². The summed E-state index contributed by atoms with van der Waals surface area (Å²) in [7, 11) is -0.709. The first-order valence-electron chi connectivity index (χ1n) is 8.94. The van der Waals surface area contributed by atoms with Crippen LogP contribution in [0.1, 0.15) is 12.8 Å². The number of nitrogens with zero attached hydrogens (tertiary/aromatic N) is 2. The van der Waals surface area contributed by atoms with Crippen LogP contribution in [-0.2, 0) is 14.8 Å². The SMILES string of the molecule is COc1cc2nc(NC(=O)C3CCCN3S(=O)(=O)c3ccc(Cl)s3)sc2cc1OC. The number of thiazole rings is 1. The van der Waals surface area contributed by atoms with Crippen molar-refractivity contribution < 1.29 is 22.7 Å². The summed E-state index contributed by atoms with van der Waals surface area (Å²) in [6.45, 7) is 0.282. The summed E-state index contributed by atoms with van der Waals surface area (Å²) >= 11 is 8.15. The first-order valence-corrected chi connectivity index (χ1v) is 12.4. The van der Waals surface area contributed by atoms with E-state index in [0.717, 1.165) is 16.0 Å². The van der Waals surface area contributed by atoms with E-state index in [1.807, 2.05) is 0 Å². The number of hydrogen-bond donors (Lipinski definition) is 1. The van der Waals surface area contributed by atoms with Crippen LogP contribution in [0.2, 0.25) is 4.34 Å². The largest absolute Gasteiger partial charge is 0.493 e. The summed E-state index contributed by atoms with van der Waals surface area (Å²) in [6, 6.07) is 5.71. The van der Waals surface area contributed by atoms with Crippen molar-refractivity contribution in [2.75, 3.05) is 26.1 Å². The molecule has 1 saturated heterocycles. The zero-order valence-corrected chi connectivity index (χ0v) is 19.3. The minimum atomic E-state index is -3.79. The van der Waals surface area contributed by atoms with Crippen molar-refractivity contribution in [3.63, 3.8) is 0 Å². The predicted molar refractivity (Wildman–Crippen MR) is 118 cm³/mol. The van der Waals surface area contributed by atoms with E-state index in [1.54, 1.807) is 19.2 Å². The molecule has 1 aliphatic heterocycles. The fourth-order valence-electron chi connectivity index (χ4n) is 3.34. The van der Waals surface area contributed by atoms with Gasteiger partial charge in [0.05, 0.1) is 28.8 Å². The molecule has 0 saturated carbocycles. The lowest BCUT2D eigenvalue weighted by molar-refractivity contribution is -0.119. The van der Waals surface area contributed by atoms with E-state index < -0.39 is 22.0 Å². The molecule has 3 heterocycles. The minimum absolute atomic E-state index is 0.131. The van der Waals surface area contributed by atoms with Crippen LogP contribution in [0.25, 0.3) is 10.2 Å². The summed E-state index contributed by atoms with van der Waals surface area (Å²) in [6.07, 6.45) is 1.04. The van der Waals surface area contributed by atoms with Gasteiger partial charge >= 0.3 is 0 Å². The van der Waals surface area contributed by atoms with Gasteiger partial charge in [-0.15, -0.1) is 11.3 Å². The Morgan fingerprint density at radius 3 is 2.63 bits per heavy atom. The Hall–Kier alpha value is -1.92. The number of amides is 1. The van der Waals surface area contributed by atoms with E-state index in [9.17, 15) is 13.2 Å². The van der Waals surface area contributed by atoms with E-state index >= 15 is 0 Å². The van der Waals surface area contributed by atoms with Gasteiger partial charge in [-0.2, -0.15) is 4.31 Å². The van der Waals surface area contributed by atoms with Crippen LogP contribution in [0.4, 0.5) is 5.13 Å². The summed E-state index contributed by atoms with van der Waals surface area (Å²) in [5.41, 5.74) is 0.650. The lowest BCUT2D eigenvalue weighted by atomic mass is 10.2. The average Bonchev–Trinajstić information content (AvgIpc) is 3.45. The highest BCUT2D eigenvalue weighted by atomic mass is 35.5. The second-order valence-electron chi connectivity index (χ2n) is 6.52. The van der Waals surface area contributed by atoms with Crippen molar-refractivity contribution in [2.45, 2.75) is 23.1 Å². The third-order valence-electron chi connectivity index (χ3n) is 4.74. The van der Waals surface area contributed by atoms with E-state index in [-0.39, 0.29) is 10.8 Å². The molecule has 0 radical (unpaired) electrons. The standard InChI is InChI=1S/C18H18ClN3O5S3/c1-26-12-8-10-14(9-13(12)27-2)28-18(20-10)21-17(23)11-4-3-7-22(11)30(24,25)16-6-5-15(19)29-16/h5-6,8-9,11H,3-4,7H2,1-2H3,(H,20,21,23). The van der Waals surface area contributed by atoms with Gasteiger partial charge in [-0.05, 0) is 25.0 Å². The second-order valence-corrected chi connectivity index (χ2v) is 11.4. The summed E-state index contributed by atoms with van der Waals surface area (Å²) in [4.78, 5) is 17.3. The molecule has 1 N–H and O–H groups in total. The lowest BCUT2D eigenvalue weighted by Crippen LogP contribution is -2.42. The highest BCUT2D eigenvalue weighted by molar-refractivity contribution is 7.91. The Kier molecular flexibility index (Phi) is 5.90. The van der Waals surface area contributed by atoms with E-state index in [4.69, 9.17) is 21.1 Å². The Balaban J connectivity index is 1.57. The number of sulfonamides is 1. The summed E-state index contributed by atoms with van der Waals surface area (Å²) in [5.74, 6) is 0.696. The van der Waals surface area contributed by atoms with Gasteiger partial charge in [-0.3, -0.25) is 4.79 Å². The number of methoxy groups -OCH3 is 2. The maximum atomic E-state index is 13.0. The maximum absolute atomic E-state index is 13.0. The van der Waals surface area contributed by atoms with E-state index in [2.05, 4.69) is 10.3 Å². The topological polar surface area (TPSA) is 97.8 Å². The van der Waals surface area contributed by atoms with Crippen LogP contribution < -0.4 is 14.8 Å². The number of anilines is 1. The van der Waals surface area contributed by atoms with Crippen molar-refractivity contribution in [3.8, 4) is 11.5 Å². The average molecular weight is 488 g/mol. The van der Waals surface area contributed by atoms with Crippen molar-refractivity contribution in [1.82, 2.24) is 9.29 Å². The van der Waals surface area contributed by atoms with E-state index in [0.29, 0.717) is 39.3 Å². The molecule has 8 nitrogen and oxygen atoms in total. The Bertz CT molecular complexity index is 1170. The van der Waals surface area contributed by atoms with Crippen LogP contribution in [0.3, 0.4) is 0 Å². The zero-order valence-electron chi connectivity index (χ0n) is 16.0. The molecule has 2 aromatic heterocycles. The number of benzene rings is 1. The third kappa shape index (κ3) is 3.87. The molecule has 1 aliphatic rings. The molecule has 3 aromatic rings. The normalized spacial score (nSPS) is 17.4. The predicted octanol–water partition coefficient (Wildman–Crippen LogP) is 3.82. The maximum Gasteiger partial charge on any atom is 0.253 e. The van der Waals surface area contributed by atoms with Gasteiger partial charge in [0.2, 0.25) is 5.91 Å². The van der Waals surface area contributed by atoms with Crippen LogP contribution >= 0.6 is 34.3 Å². The molecule has 0 aliphatic carbocycles. The molecule has 1 fully saturated rings. The van der Waals surface area contributed by atoms with Gasteiger partial charge in [0.25, 0.3) is 10.0 Å². The number of hydrogen-bond acceptors (Lipinski definition) is 8. The molecular formula is C18H18ClN3O5S3. The lowest BCUT2D eigenvalue weighted by Gasteiger charge is -2.22. The third-order valence-corrected chi connectivity index (χ3v) is 9.28. The minimum Gasteiger partial charge on any atom is -0.493 e. The highest BCUT2D eigenvalue weighted by Gasteiger charge is 2.40. The van der Waals surface area contributed by atoms with Gasteiger partial charge in [-0.25, -0.2) is 13.4 Å². The number of nitrogens with one attached hydrogen (secondary N) is 1. The van der Waals surface area contributed by atoms with Crippen LogP contribution in [0.5, 0.6) is 11.5 Å². The molecule has 1 aromatic carbocycles. The van der Waals surface area contributed by atoms with Crippen LogP contribution in [0, 0.1) is 0 Å². The molecule has 0 spiro atoms. The first kappa shape index (κ1) is 21.3. The Labute approximate surface area is 186 Å². The smallest absolute Gasteiger partial charge is 0.253 e. The fraction of sp³-hybridized carbons (Fsp3) is 0.333.